The van der Waals surface area contributed by atoms with Gasteiger partial charge in [-0.05, 0) is 48.5 Å². The lowest BCUT2D eigenvalue weighted by Gasteiger charge is -2.07. The first-order valence-electron chi connectivity index (χ1n) is 8.10. The van der Waals surface area contributed by atoms with Crippen LogP contribution in [0.3, 0.4) is 0 Å². The van der Waals surface area contributed by atoms with Crippen molar-refractivity contribution in [2.45, 2.75) is 6.92 Å². The third-order valence-corrected chi connectivity index (χ3v) is 4.91. The first-order chi connectivity index (χ1) is 12.9. The number of hydrogen-bond donors (Lipinski definition) is 0. The lowest BCUT2D eigenvalue weighted by molar-refractivity contribution is -0.122. The topological polar surface area (TPSA) is 76.8 Å². The minimum absolute atomic E-state index is 0.178. The van der Waals surface area contributed by atoms with E-state index in [4.69, 9.17) is 9.15 Å². The van der Waals surface area contributed by atoms with Crippen LogP contribution in [0.5, 0.6) is 0 Å². The fraction of sp³-hybridized carbons (Fsp3) is 0.150. The summed E-state index contributed by atoms with van der Waals surface area (Å²) in [5.74, 6) is 0.299. The smallest absolute Gasteiger partial charge is 0.337 e. The molecule has 1 aromatic heterocycles. The lowest BCUT2D eigenvalue weighted by Crippen LogP contribution is -2.27. The molecular weight excluding hydrogens is 366 g/mol. The summed E-state index contributed by atoms with van der Waals surface area (Å²) in [5, 5.41) is -0.327. The summed E-state index contributed by atoms with van der Waals surface area (Å²) < 4.78 is 10.5. The second kappa shape index (κ2) is 7.67. The van der Waals surface area contributed by atoms with Crippen molar-refractivity contribution in [1.29, 1.82) is 0 Å². The summed E-state index contributed by atoms with van der Waals surface area (Å²) in [4.78, 5) is 37.2. The first-order valence-corrected chi connectivity index (χ1v) is 8.91. The number of amides is 2. The molecule has 0 N–H and O–H groups in total. The Morgan fingerprint density at radius 3 is 2.74 bits per heavy atom. The Balaban J connectivity index is 1.86. The number of aryl methyl sites for hydroxylation is 1. The highest BCUT2D eigenvalue weighted by Crippen LogP contribution is 2.33. The van der Waals surface area contributed by atoms with Crippen LogP contribution in [0.2, 0.25) is 0 Å². The molecule has 1 saturated heterocycles. The second-order valence-corrected chi connectivity index (χ2v) is 6.80. The van der Waals surface area contributed by atoms with Crippen molar-refractivity contribution in [3.63, 3.8) is 0 Å². The number of esters is 1. The number of nitrogens with zero attached hydrogens (tertiary/aromatic N) is 1. The van der Waals surface area contributed by atoms with Crippen molar-refractivity contribution >= 4 is 35.0 Å². The molecular formula is C20H17NO5S. The predicted octanol–water partition coefficient (Wildman–Crippen LogP) is 4.26. The van der Waals surface area contributed by atoms with Crippen LogP contribution in [0, 0.1) is 6.92 Å². The molecule has 0 aliphatic carbocycles. The zero-order valence-electron chi connectivity index (χ0n) is 14.9. The Bertz CT molecular complexity index is 973. The highest BCUT2D eigenvalue weighted by atomic mass is 32.2. The maximum absolute atomic E-state index is 12.3. The van der Waals surface area contributed by atoms with Crippen LogP contribution >= 0.6 is 11.8 Å². The zero-order valence-corrected chi connectivity index (χ0v) is 15.7. The normalized spacial score (nSPS) is 15.5. The second-order valence-electron chi connectivity index (χ2n) is 5.80. The Morgan fingerprint density at radius 2 is 2.07 bits per heavy atom. The van der Waals surface area contributed by atoms with Crippen LogP contribution in [-0.2, 0) is 9.53 Å². The van der Waals surface area contributed by atoms with Crippen LogP contribution in [0.15, 0.2) is 52.3 Å². The molecule has 6 nitrogen and oxygen atoms in total. The number of carbonyl (C=O) groups excluding carboxylic acids is 3. The van der Waals surface area contributed by atoms with Crippen molar-refractivity contribution in [3.8, 4) is 11.3 Å². The van der Waals surface area contributed by atoms with Crippen molar-refractivity contribution in [3.05, 3.63) is 64.8 Å². The van der Waals surface area contributed by atoms with Gasteiger partial charge in [0.15, 0.2) is 0 Å². The number of hydrogen-bond acceptors (Lipinski definition) is 6. The fourth-order valence-corrected chi connectivity index (χ4v) is 3.50. The molecule has 7 heteroatoms. The Kier molecular flexibility index (Phi) is 5.32. The van der Waals surface area contributed by atoms with Crippen LogP contribution in [0.1, 0.15) is 21.7 Å². The summed E-state index contributed by atoms with van der Waals surface area (Å²) in [6.07, 6.45) is 3.06. The van der Waals surface area contributed by atoms with Gasteiger partial charge >= 0.3 is 5.97 Å². The summed E-state index contributed by atoms with van der Waals surface area (Å²) >= 11 is 0.872. The number of rotatable bonds is 5. The van der Waals surface area contributed by atoms with Gasteiger partial charge in [-0.2, -0.15) is 0 Å². The number of methoxy groups -OCH3 is 1. The molecule has 1 aromatic carbocycles. The quantitative estimate of drug-likeness (QED) is 0.436. The van der Waals surface area contributed by atoms with Crippen molar-refractivity contribution in [1.82, 2.24) is 4.90 Å². The van der Waals surface area contributed by atoms with Gasteiger partial charge in [0.05, 0.1) is 17.6 Å². The Morgan fingerprint density at radius 1 is 1.30 bits per heavy atom. The number of imide groups is 1. The molecule has 0 spiro atoms. The molecule has 0 unspecified atom stereocenters. The number of benzene rings is 1. The molecule has 1 fully saturated rings. The number of carbonyl (C=O) groups is 3. The standard InChI is InChI=1S/C20H17NO5S/c1-4-9-21-18(22)17(27-20(21)24)11-14-6-8-16(26-14)15-7-5-13(10-12(15)2)19(23)25-3/h4-8,10-11H,1,9H2,2-3H3/b17-11+. The van der Waals surface area contributed by atoms with E-state index in [1.165, 1.54) is 13.2 Å². The number of thioether (sulfide) groups is 1. The molecule has 0 saturated carbocycles. The van der Waals surface area contributed by atoms with Crippen molar-refractivity contribution in [2.24, 2.45) is 0 Å². The minimum atomic E-state index is -0.403. The molecule has 2 heterocycles. The zero-order chi connectivity index (χ0) is 19.6. The Hall–Kier alpha value is -3.06. The van der Waals surface area contributed by atoms with Gasteiger partial charge in [0.25, 0.3) is 11.1 Å². The van der Waals surface area contributed by atoms with E-state index in [9.17, 15) is 14.4 Å². The maximum Gasteiger partial charge on any atom is 0.337 e. The van der Waals surface area contributed by atoms with Gasteiger partial charge in [0.1, 0.15) is 11.5 Å². The van der Waals surface area contributed by atoms with Crippen LogP contribution in [0.4, 0.5) is 4.79 Å². The SMILES string of the molecule is C=CCN1C(=O)S/C(=C/c2ccc(-c3ccc(C(=O)OC)cc3C)o2)C1=O. The van der Waals surface area contributed by atoms with E-state index in [0.717, 1.165) is 27.8 Å². The molecule has 138 valence electrons. The summed E-state index contributed by atoms with van der Waals surface area (Å²) in [7, 11) is 1.33. The largest absolute Gasteiger partial charge is 0.465 e. The van der Waals surface area contributed by atoms with Crippen LogP contribution in [0.25, 0.3) is 17.4 Å². The molecule has 2 amide bonds. The van der Waals surface area contributed by atoms with Gasteiger partial charge in [-0.1, -0.05) is 12.1 Å². The van der Waals surface area contributed by atoms with Gasteiger partial charge in [-0.25, -0.2) is 4.79 Å². The average molecular weight is 383 g/mol. The van der Waals surface area contributed by atoms with E-state index in [1.54, 1.807) is 36.4 Å². The molecule has 27 heavy (non-hydrogen) atoms. The molecule has 1 aliphatic rings. The van der Waals surface area contributed by atoms with E-state index >= 15 is 0 Å². The van der Waals surface area contributed by atoms with E-state index in [0.29, 0.717) is 22.0 Å². The number of furan rings is 1. The highest BCUT2D eigenvalue weighted by Gasteiger charge is 2.34. The first kappa shape index (κ1) is 18.7. The number of ether oxygens (including phenoxy) is 1. The molecule has 0 radical (unpaired) electrons. The molecule has 3 rings (SSSR count). The van der Waals surface area contributed by atoms with Gasteiger partial charge in [0, 0.05) is 18.2 Å². The van der Waals surface area contributed by atoms with Gasteiger partial charge in [-0.15, -0.1) is 6.58 Å². The Labute approximate surface area is 160 Å². The third-order valence-electron chi connectivity index (χ3n) is 4.00. The van der Waals surface area contributed by atoms with Crippen LogP contribution in [-0.4, -0.2) is 35.7 Å². The van der Waals surface area contributed by atoms with Gasteiger partial charge in [-0.3, -0.25) is 14.5 Å². The molecule has 0 bridgehead atoms. The minimum Gasteiger partial charge on any atom is -0.465 e. The molecule has 0 atom stereocenters. The summed E-state index contributed by atoms with van der Waals surface area (Å²) in [6, 6.07) is 8.67. The van der Waals surface area contributed by atoms with Crippen molar-refractivity contribution < 1.29 is 23.5 Å². The summed E-state index contributed by atoms with van der Waals surface area (Å²) in [6.45, 7) is 5.59. The third kappa shape index (κ3) is 3.73. The van der Waals surface area contributed by atoms with Crippen molar-refractivity contribution in [2.75, 3.05) is 13.7 Å². The highest BCUT2D eigenvalue weighted by molar-refractivity contribution is 8.18. The van der Waals surface area contributed by atoms with E-state index in [1.807, 2.05) is 6.92 Å². The average Bonchev–Trinajstić information content (AvgIpc) is 3.21. The predicted molar refractivity (Wildman–Crippen MR) is 103 cm³/mol. The van der Waals surface area contributed by atoms with Gasteiger partial charge in [0.2, 0.25) is 0 Å². The van der Waals surface area contributed by atoms with E-state index < -0.39 is 5.97 Å². The van der Waals surface area contributed by atoms with Gasteiger partial charge < -0.3 is 9.15 Å². The monoisotopic (exact) mass is 383 g/mol. The summed E-state index contributed by atoms with van der Waals surface area (Å²) in [5.41, 5.74) is 2.13. The lowest BCUT2D eigenvalue weighted by atomic mass is 10.0. The van der Waals surface area contributed by atoms with E-state index in [-0.39, 0.29) is 17.7 Å². The maximum atomic E-state index is 12.3. The van der Waals surface area contributed by atoms with E-state index in [2.05, 4.69) is 6.58 Å². The van der Waals surface area contributed by atoms with Crippen LogP contribution < -0.4 is 0 Å². The molecule has 2 aromatic rings. The molecule has 1 aliphatic heterocycles. The fourth-order valence-electron chi connectivity index (χ4n) is 2.68.